The summed E-state index contributed by atoms with van der Waals surface area (Å²) in [5.74, 6) is -0.316. The van der Waals surface area contributed by atoms with Crippen molar-refractivity contribution in [2.45, 2.75) is 19.5 Å². The van der Waals surface area contributed by atoms with Crippen LogP contribution in [0.1, 0.15) is 11.5 Å². The van der Waals surface area contributed by atoms with Gasteiger partial charge in [0.15, 0.2) is 0 Å². The summed E-state index contributed by atoms with van der Waals surface area (Å²) in [5.41, 5.74) is 0.393. The van der Waals surface area contributed by atoms with Gasteiger partial charge in [-0.25, -0.2) is 9.97 Å². The van der Waals surface area contributed by atoms with Crippen LogP contribution in [-0.2, 0) is 6.42 Å². The molecule has 78 valence electrons. The van der Waals surface area contributed by atoms with Gasteiger partial charge in [-0.3, -0.25) is 0 Å². The van der Waals surface area contributed by atoms with E-state index in [0.717, 1.165) is 0 Å². The second-order valence-electron chi connectivity index (χ2n) is 2.62. The van der Waals surface area contributed by atoms with E-state index < -0.39 is 12.6 Å². The molecule has 0 aliphatic rings. The highest BCUT2D eigenvalue weighted by molar-refractivity contribution is 9.10. The van der Waals surface area contributed by atoms with Crippen molar-refractivity contribution in [3.8, 4) is 0 Å². The molecule has 0 N–H and O–H groups in total. The fourth-order valence-corrected chi connectivity index (χ4v) is 1.25. The van der Waals surface area contributed by atoms with Gasteiger partial charge in [0.2, 0.25) is 0 Å². The topological polar surface area (TPSA) is 25.8 Å². The van der Waals surface area contributed by atoms with E-state index in [-0.39, 0.29) is 11.0 Å². The third-order valence-electron chi connectivity index (χ3n) is 1.38. The molecule has 1 rings (SSSR count). The first kappa shape index (κ1) is 11.7. The minimum absolute atomic E-state index is 0.00301. The Morgan fingerprint density at radius 3 is 2.36 bits per heavy atom. The van der Waals surface area contributed by atoms with Crippen molar-refractivity contribution in [2.24, 2.45) is 0 Å². The van der Waals surface area contributed by atoms with Gasteiger partial charge in [-0.05, 0) is 22.9 Å². The Morgan fingerprint density at radius 1 is 1.36 bits per heavy atom. The molecule has 0 aliphatic carbocycles. The lowest BCUT2D eigenvalue weighted by Crippen LogP contribution is -2.14. The summed E-state index contributed by atoms with van der Waals surface area (Å²) >= 11 is 8.64. The molecule has 1 heterocycles. The minimum atomic E-state index is -4.32. The zero-order valence-electron chi connectivity index (χ0n) is 6.99. The normalized spacial score (nSPS) is 11.9. The molecule has 0 unspecified atom stereocenters. The highest BCUT2D eigenvalue weighted by atomic mass is 79.9. The smallest absolute Gasteiger partial charge is 0.237 e. The zero-order chi connectivity index (χ0) is 10.9. The van der Waals surface area contributed by atoms with E-state index >= 15 is 0 Å². The van der Waals surface area contributed by atoms with Gasteiger partial charge in [0.1, 0.15) is 17.4 Å². The molecule has 0 aromatic carbocycles. The van der Waals surface area contributed by atoms with Crippen molar-refractivity contribution >= 4 is 27.5 Å². The summed E-state index contributed by atoms with van der Waals surface area (Å²) in [5, 5.41) is -0.00301. The summed E-state index contributed by atoms with van der Waals surface area (Å²) in [6, 6.07) is 0. The lowest BCUT2D eigenvalue weighted by Gasteiger charge is -2.07. The first-order valence-electron chi connectivity index (χ1n) is 3.55. The van der Waals surface area contributed by atoms with Crippen molar-refractivity contribution in [1.29, 1.82) is 0 Å². The summed E-state index contributed by atoms with van der Waals surface area (Å²) in [4.78, 5) is 7.16. The standard InChI is InChI=1S/C7H5BrClF3N2/c1-3-5(8)6(9)14-4(13-3)2-7(10,11)12/h2H2,1H3. The molecule has 0 aliphatic heterocycles. The second-order valence-corrected chi connectivity index (χ2v) is 3.77. The van der Waals surface area contributed by atoms with E-state index in [2.05, 4.69) is 25.9 Å². The van der Waals surface area contributed by atoms with Crippen LogP contribution in [0.4, 0.5) is 13.2 Å². The molecule has 0 radical (unpaired) electrons. The first-order valence-corrected chi connectivity index (χ1v) is 4.72. The Hall–Kier alpha value is -0.360. The fourth-order valence-electron chi connectivity index (χ4n) is 0.838. The maximum atomic E-state index is 12.0. The van der Waals surface area contributed by atoms with Gasteiger partial charge < -0.3 is 0 Å². The first-order chi connectivity index (χ1) is 6.29. The number of hydrogen-bond donors (Lipinski definition) is 0. The lowest BCUT2D eigenvalue weighted by atomic mass is 10.3. The van der Waals surface area contributed by atoms with E-state index in [0.29, 0.717) is 10.2 Å². The molecule has 0 saturated carbocycles. The number of rotatable bonds is 1. The quantitative estimate of drug-likeness (QED) is 0.741. The van der Waals surface area contributed by atoms with Crippen LogP contribution in [0.5, 0.6) is 0 Å². The van der Waals surface area contributed by atoms with E-state index in [1.54, 1.807) is 6.92 Å². The minimum Gasteiger partial charge on any atom is -0.237 e. The third-order valence-corrected chi connectivity index (χ3v) is 2.83. The van der Waals surface area contributed by atoms with Gasteiger partial charge in [0.25, 0.3) is 0 Å². The molecule has 2 nitrogen and oxygen atoms in total. The van der Waals surface area contributed by atoms with E-state index in [1.165, 1.54) is 0 Å². The molecule has 1 aromatic rings. The van der Waals surface area contributed by atoms with Gasteiger partial charge in [-0.1, -0.05) is 11.6 Å². The molecule has 7 heteroatoms. The van der Waals surface area contributed by atoms with Gasteiger partial charge >= 0.3 is 6.18 Å². The van der Waals surface area contributed by atoms with Crippen molar-refractivity contribution in [3.05, 3.63) is 21.1 Å². The molecule has 0 atom stereocenters. The predicted molar refractivity (Wildman–Crippen MR) is 49.2 cm³/mol. The fraction of sp³-hybridized carbons (Fsp3) is 0.429. The van der Waals surface area contributed by atoms with E-state index in [9.17, 15) is 13.2 Å². The van der Waals surface area contributed by atoms with Crippen LogP contribution < -0.4 is 0 Å². The molecule has 0 bridgehead atoms. The van der Waals surface area contributed by atoms with Crippen LogP contribution in [0.25, 0.3) is 0 Å². The van der Waals surface area contributed by atoms with Crippen molar-refractivity contribution in [3.63, 3.8) is 0 Å². The Bertz CT molecular complexity index is 330. The highest BCUT2D eigenvalue weighted by Crippen LogP contribution is 2.25. The van der Waals surface area contributed by atoms with Crippen LogP contribution >= 0.6 is 27.5 Å². The van der Waals surface area contributed by atoms with Crippen molar-refractivity contribution < 1.29 is 13.2 Å². The molecule has 0 fully saturated rings. The molecular weight excluding hydrogens is 284 g/mol. The Kier molecular flexibility index (Phi) is 3.36. The van der Waals surface area contributed by atoms with Gasteiger partial charge in [-0.2, -0.15) is 13.2 Å². The maximum absolute atomic E-state index is 12.0. The largest absolute Gasteiger partial charge is 0.396 e. The number of aryl methyl sites for hydroxylation is 1. The number of nitrogens with zero attached hydrogens (tertiary/aromatic N) is 2. The number of halogens is 5. The molecule has 0 saturated heterocycles. The average Bonchev–Trinajstić information content (AvgIpc) is 1.96. The molecule has 14 heavy (non-hydrogen) atoms. The molecular formula is C7H5BrClF3N2. The Balaban J connectivity index is 3.02. The summed E-state index contributed by atoms with van der Waals surface area (Å²) in [6.07, 6.45) is -5.48. The molecule has 0 spiro atoms. The molecule has 0 amide bonds. The van der Waals surface area contributed by atoms with Gasteiger partial charge in [-0.15, -0.1) is 0 Å². The third kappa shape index (κ3) is 3.09. The summed E-state index contributed by atoms with van der Waals surface area (Å²) in [6.45, 7) is 1.55. The van der Waals surface area contributed by atoms with E-state index in [1.807, 2.05) is 0 Å². The van der Waals surface area contributed by atoms with Crippen LogP contribution in [0.3, 0.4) is 0 Å². The SMILES string of the molecule is Cc1nc(CC(F)(F)F)nc(Cl)c1Br. The number of alkyl halides is 3. The second kappa shape index (κ2) is 4.02. The summed E-state index contributed by atoms with van der Waals surface area (Å²) in [7, 11) is 0. The van der Waals surface area contributed by atoms with Crippen molar-refractivity contribution in [2.75, 3.05) is 0 Å². The maximum Gasteiger partial charge on any atom is 0.396 e. The van der Waals surface area contributed by atoms with Crippen LogP contribution in [0.2, 0.25) is 5.15 Å². The average molecular weight is 289 g/mol. The zero-order valence-corrected chi connectivity index (χ0v) is 9.33. The highest BCUT2D eigenvalue weighted by Gasteiger charge is 2.29. The summed E-state index contributed by atoms with van der Waals surface area (Å²) < 4.78 is 36.3. The van der Waals surface area contributed by atoms with Crippen LogP contribution in [-0.4, -0.2) is 16.1 Å². The van der Waals surface area contributed by atoms with Crippen molar-refractivity contribution in [1.82, 2.24) is 9.97 Å². The van der Waals surface area contributed by atoms with E-state index in [4.69, 9.17) is 11.6 Å². The Labute approximate surface area is 91.6 Å². The monoisotopic (exact) mass is 288 g/mol. The van der Waals surface area contributed by atoms with Gasteiger partial charge in [0.05, 0.1) is 10.2 Å². The predicted octanol–water partition coefficient (Wildman–Crippen LogP) is 3.31. The van der Waals surface area contributed by atoms with Crippen LogP contribution in [0, 0.1) is 6.92 Å². The molecule has 1 aromatic heterocycles. The Morgan fingerprint density at radius 2 is 1.93 bits per heavy atom. The number of hydrogen-bond acceptors (Lipinski definition) is 2. The van der Waals surface area contributed by atoms with Gasteiger partial charge in [0, 0.05) is 0 Å². The number of aromatic nitrogens is 2. The lowest BCUT2D eigenvalue weighted by molar-refractivity contribution is -0.128. The van der Waals surface area contributed by atoms with Crippen LogP contribution in [0.15, 0.2) is 4.47 Å².